The SMILES string of the molecule is O=C(c1c[nH]c2cc(Br)c(Br)cc12)N1CC(CO)C1. The van der Waals surface area contributed by atoms with E-state index in [0.29, 0.717) is 18.7 Å². The van der Waals surface area contributed by atoms with Crippen molar-refractivity contribution in [3.05, 3.63) is 32.8 Å². The Morgan fingerprint density at radius 1 is 1.37 bits per heavy atom. The van der Waals surface area contributed by atoms with Crippen molar-refractivity contribution in [3.8, 4) is 0 Å². The first kappa shape index (κ1) is 13.1. The van der Waals surface area contributed by atoms with Gasteiger partial charge in [-0.1, -0.05) is 0 Å². The Hall–Kier alpha value is -0.850. The first-order valence-corrected chi connectivity index (χ1v) is 7.55. The lowest BCUT2D eigenvalue weighted by atomic mass is 10.00. The van der Waals surface area contributed by atoms with Gasteiger partial charge in [-0.3, -0.25) is 4.79 Å². The molecule has 3 rings (SSSR count). The first-order valence-electron chi connectivity index (χ1n) is 5.96. The van der Waals surface area contributed by atoms with Crippen LogP contribution in [0.2, 0.25) is 0 Å². The van der Waals surface area contributed by atoms with E-state index in [0.717, 1.165) is 19.8 Å². The number of benzene rings is 1. The second-order valence-electron chi connectivity index (χ2n) is 4.77. The molecule has 0 radical (unpaired) electrons. The second-order valence-corrected chi connectivity index (χ2v) is 6.48. The van der Waals surface area contributed by atoms with Crippen LogP contribution in [0.3, 0.4) is 0 Å². The summed E-state index contributed by atoms with van der Waals surface area (Å²) in [5, 5.41) is 9.91. The highest BCUT2D eigenvalue weighted by Crippen LogP contribution is 2.31. The van der Waals surface area contributed by atoms with Gasteiger partial charge in [0, 0.05) is 51.7 Å². The zero-order chi connectivity index (χ0) is 13.6. The minimum atomic E-state index is 0.0187. The van der Waals surface area contributed by atoms with Crippen LogP contribution in [0.15, 0.2) is 27.3 Å². The molecule has 0 atom stereocenters. The predicted molar refractivity (Wildman–Crippen MR) is 80.2 cm³/mol. The minimum Gasteiger partial charge on any atom is -0.396 e. The Morgan fingerprint density at radius 2 is 2.05 bits per heavy atom. The molecule has 2 N–H and O–H groups in total. The van der Waals surface area contributed by atoms with E-state index in [2.05, 4.69) is 36.8 Å². The van der Waals surface area contributed by atoms with Gasteiger partial charge in [-0.2, -0.15) is 0 Å². The molecule has 2 aromatic rings. The molecule has 2 heterocycles. The fourth-order valence-electron chi connectivity index (χ4n) is 2.32. The second kappa shape index (κ2) is 4.92. The average molecular weight is 388 g/mol. The van der Waals surface area contributed by atoms with E-state index in [9.17, 15) is 4.79 Å². The summed E-state index contributed by atoms with van der Waals surface area (Å²) in [5.74, 6) is 0.250. The smallest absolute Gasteiger partial charge is 0.256 e. The molecule has 6 heteroatoms. The predicted octanol–water partition coefficient (Wildman–Crippen LogP) is 2.76. The van der Waals surface area contributed by atoms with Crippen molar-refractivity contribution < 1.29 is 9.90 Å². The monoisotopic (exact) mass is 386 g/mol. The summed E-state index contributed by atoms with van der Waals surface area (Å²) in [6.45, 7) is 1.43. The molecule has 0 bridgehead atoms. The van der Waals surface area contributed by atoms with Gasteiger partial charge in [0.2, 0.25) is 0 Å². The summed E-state index contributed by atoms with van der Waals surface area (Å²) in [6.07, 6.45) is 1.75. The molecule has 0 unspecified atom stereocenters. The quantitative estimate of drug-likeness (QED) is 0.832. The lowest BCUT2D eigenvalue weighted by Gasteiger charge is -2.38. The number of amides is 1. The van der Waals surface area contributed by atoms with Gasteiger partial charge in [0.05, 0.1) is 5.56 Å². The molecule has 1 saturated heterocycles. The number of carbonyl (C=O) groups is 1. The zero-order valence-electron chi connectivity index (χ0n) is 9.99. The van der Waals surface area contributed by atoms with E-state index >= 15 is 0 Å². The van der Waals surface area contributed by atoms with E-state index in [1.807, 2.05) is 12.1 Å². The number of aliphatic hydroxyl groups excluding tert-OH is 1. The van der Waals surface area contributed by atoms with Crippen LogP contribution in [0.5, 0.6) is 0 Å². The van der Waals surface area contributed by atoms with E-state index in [4.69, 9.17) is 5.11 Å². The summed E-state index contributed by atoms with van der Waals surface area (Å²) >= 11 is 6.90. The Kier molecular flexibility index (Phi) is 3.41. The first-order chi connectivity index (χ1) is 9.10. The number of likely N-dealkylation sites (tertiary alicyclic amines) is 1. The summed E-state index contributed by atoms with van der Waals surface area (Å²) in [5.41, 5.74) is 1.61. The number of nitrogens with zero attached hydrogens (tertiary/aromatic N) is 1. The molecule has 100 valence electrons. The van der Waals surface area contributed by atoms with Crippen LogP contribution >= 0.6 is 31.9 Å². The average Bonchev–Trinajstić information content (AvgIpc) is 2.71. The summed E-state index contributed by atoms with van der Waals surface area (Å²) in [6, 6.07) is 3.88. The van der Waals surface area contributed by atoms with Crippen molar-refractivity contribution in [2.45, 2.75) is 0 Å². The third-order valence-corrected chi connectivity index (χ3v) is 5.30. The normalized spacial score (nSPS) is 15.8. The maximum absolute atomic E-state index is 12.4. The molecule has 19 heavy (non-hydrogen) atoms. The van der Waals surface area contributed by atoms with Crippen molar-refractivity contribution in [1.82, 2.24) is 9.88 Å². The molecular formula is C13H12Br2N2O2. The molecule has 0 aliphatic carbocycles. The van der Waals surface area contributed by atoms with Crippen LogP contribution in [0.4, 0.5) is 0 Å². The Morgan fingerprint density at radius 3 is 2.74 bits per heavy atom. The Bertz CT molecular complexity index is 647. The van der Waals surface area contributed by atoms with Crippen molar-refractivity contribution in [2.24, 2.45) is 5.92 Å². The number of hydrogen-bond donors (Lipinski definition) is 2. The zero-order valence-corrected chi connectivity index (χ0v) is 13.2. The lowest BCUT2D eigenvalue weighted by Crippen LogP contribution is -2.51. The van der Waals surface area contributed by atoms with Crippen molar-refractivity contribution in [2.75, 3.05) is 19.7 Å². The molecular weight excluding hydrogens is 376 g/mol. The van der Waals surface area contributed by atoms with Gasteiger partial charge in [0.25, 0.3) is 5.91 Å². The van der Waals surface area contributed by atoms with Crippen LogP contribution in [-0.2, 0) is 0 Å². The van der Waals surface area contributed by atoms with Crippen molar-refractivity contribution in [3.63, 3.8) is 0 Å². The number of aliphatic hydroxyl groups is 1. The van der Waals surface area contributed by atoms with Crippen LogP contribution < -0.4 is 0 Å². The summed E-state index contributed by atoms with van der Waals surface area (Å²) in [4.78, 5) is 17.2. The molecule has 1 fully saturated rings. The standard InChI is InChI=1S/C13H12Br2N2O2/c14-10-1-8-9(3-16-12(8)2-11(10)15)13(19)17-4-7(5-17)6-18/h1-3,7,16,18H,4-6H2. The fraction of sp³-hybridized carbons (Fsp3) is 0.308. The van der Waals surface area contributed by atoms with Gasteiger partial charge in [0.1, 0.15) is 0 Å². The molecule has 0 spiro atoms. The van der Waals surface area contributed by atoms with Gasteiger partial charge < -0.3 is 15.0 Å². The maximum atomic E-state index is 12.4. The van der Waals surface area contributed by atoms with Crippen LogP contribution in [0.25, 0.3) is 10.9 Å². The van der Waals surface area contributed by atoms with E-state index in [-0.39, 0.29) is 18.4 Å². The molecule has 1 aromatic carbocycles. The van der Waals surface area contributed by atoms with Crippen molar-refractivity contribution in [1.29, 1.82) is 0 Å². The van der Waals surface area contributed by atoms with Gasteiger partial charge in [-0.15, -0.1) is 0 Å². The van der Waals surface area contributed by atoms with Crippen LogP contribution in [-0.4, -0.2) is 40.6 Å². The number of rotatable bonds is 2. The molecule has 0 saturated carbocycles. The number of hydrogen-bond acceptors (Lipinski definition) is 2. The minimum absolute atomic E-state index is 0.0187. The largest absolute Gasteiger partial charge is 0.396 e. The topological polar surface area (TPSA) is 56.3 Å². The number of carbonyl (C=O) groups excluding carboxylic acids is 1. The fourth-order valence-corrected chi connectivity index (χ4v) is 3.00. The van der Waals surface area contributed by atoms with Crippen molar-refractivity contribution >= 4 is 48.7 Å². The summed E-state index contributed by atoms with van der Waals surface area (Å²) in [7, 11) is 0. The van der Waals surface area contributed by atoms with Crippen LogP contribution in [0, 0.1) is 5.92 Å². The molecule has 1 aromatic heterocycles. The Labute approximate surface area is 127 Å². The Balaban J connectivity index is 1.93. The van der Waals surface area contributed by atoms with E-state index < -0.39 is 0 Å². The lowest BCUT2D eigenvalue weighted by molar-refractivity contribution is 0.0364. The highest BCUT2D eigenvalue weighted by molar-refractivity contribution is 9.13. The highest BCUT2D eigenvalue weighted by Gasteiger charge is 2.31. The highest BCUT2D eigenvalue weighted by atomic mass is 79.9. The number of H-pyrrole nitrogens is 1. The summed E-state index contributed by atoms with van der Waals surface area (Å²) < 4.78 is 1.87. The van der Waals surface area contributed by atoms with Crippen LogP contribution in [0.1, 0.15) is 10.4 Å². The van der Waals surface area contributed by atoms with Gasteiger partial charge in [0.15, 0.2) is 0 Å². The van der Waals surface area contributed by atoms with E-state index in [1.54, 1.807) is 11.1 Å². The molecule has 1 aliphatic heterocycles. The third kappa shape index (κ3) is 2.22. The van der Waals surface area contributed by atoms with Gasteiger partial charge in [-0.05, 0) is 44.0 Å². The van der Waals surface area contributed by atoms with E-state index in [1.165, 1.54) is 0 Å². The number of aromatic nitrogens is 1. The maximum Gasteiger partial charge on any atom is 0.256 e. The molecule has 1 aliphatic rings. The molecule has 1 amide bonds. The molecule has 4 nitrogen and oxygen atoms in total. The third-order valence-electron chi connectivity index (χ3n) is 3.46. The number of nitrogens with one attached hydrogen (secondary N) is 1. The number of aromatic amines is 1. The van der Waals surface area contributed by atoms with Gasteiger partial charge >= 0.3 is 0 Å². The number of fused-ring (bicyclic) bond motifs is 1. The number of halogens is 2. The van der Waals surface area contributed by atoms with Gasteiger partial charge in [-0.25, -0.2) is 0 Å².